The molecule has 5 nitrogen and oxygen atoms in total. The fourth-order valence-electron chi connectivity index (χ4n) is 1.88. The molecule has 14 heavy (non-hydrogen) atoms. The number of hydrogen-bond acceptors (Lipinski definition) is 5. The van der Waals surface area contributed by atoms with E-state index < -0.39 is 9.84 Å². The molecule has 2 rings (SSSR count). The third-order valence-corrected chi connectivity index (χ3v) is 5.56. The Balaban J connectivity index is 2.30. The number of carbonyl (C=O) groups excluding carboxylic acids is 1. The summed E-state index contributed by atoms with van der Waals surface area (Å²) in [4.78, 5) is 12.5. The number of rotatable bonds is 0. The number of fused-ring (bicyclic) bond motifs is 1. The summed E-state index contributed by atoms with van der Waals surface area (Å²) in [6, 6.07) is -0.310. The highest BCUT2D eigenvalue weighted by atomic mass is 32.2. The van der Waals surface area contributed by atoms with Crippen molar-refractivity contribution in [3.8, 4) is 0 Å². The first-order valence-electron chi connectivity index (χ1n) is 4.16. The Labute approximate surface area is 86.3 Å². The van der Waals surface area contributed by atoms with Crippen molar-refractivity contribution in [2.24, 2.45) is 0 Å². The van der Waals surface area contributed by atoms with Crippen molar-refractivity contribution in [1.82, 2.24) is 4.90 Å². The van der Waals surface area contributed by atoms with E-state index in [1.165, 1.54) is 23.6 Å². The summed E-state index contributed by atoms with van der Waals surface area (Å²) in [5, 5.41) is 7.59. The lowest BCUT2D eigenvalue weighted by Gasteiger charge is -2.19. The van der Waals surface area contributed by atoms with Crippen molar-refractivity contribution >= 4 is 32.7 Å². The monoisotopic (exact) mass is 234 g/mol. The molecule has 2 unspecified atom stereocenters. The Hall–Kier alpha value is -0.560. The van der Waals surface area contributed by atoms with Gasteiger partial charge in [0.25, 0.3) is 0 Å². The predicted molar refractivity (Wildman–Crippen MR) is 54.1 cm³/mol. The topological polar surface area (TPSA) is 78.3 Å². The lowest BCUT2D eigenvalue weighted by atomic mass is 10.2. The highest BCUT2D eigenvalue weighted by Crippen LogP contribution is 2.37. The van der Waals surface area contributed by atoms with Gasteiger partial charge in [0.05, 0.1) is 17.5 Å². The molecule has 0 spiro atoms. The molecule has 1 N–H and O–H groups in total. The largest absolute Gasteiger partial charge is 0.287 e. The van der Waals surface area contributed by atoms with Crippen molar-refractivity contribution in [2.75, 3.05) is 11.5 Å². The van der Waals surface area contributed by atoms with Crippen LogP contribution in [0, 0.1) is 5.41 Å². The number of nitrogens with one attached hydrogen (secondary N) is 1. The standard InChI is InChI=1S/C7H10N2O3S2/c1-4(10)9-5-2-14(11,12)3-6(5)13-7(9)8/h5-6,8H,2-3H2,1H3. The molecular weight excluding hydrogens is 224 g/mol. The number of nitrogens with zero attached hydrogens (tertiary/aromatic N) is 1. The van der Waals surface area contributed by atoms with Gasteiger partial charge in [0, 0.05) is 12.2 Å². The van der Waals surface area contributed by atoms with Crippen molar-refractivity contribution in [2.45, 2.75) is 18.2 Å². The molecule has 0 aliphatic carbocycles. The van der Waals surface area contributed by atoms with Crippen LogP contribution in [0.3, 0.4) is 0 Å². The molecule has 0 aromatic rings. The number of carbonyl (C=O) groups is 1. The quantitative estimate of drug-likeness (QED) is 0.623. The van der Waals surface area contributed by atoms with Crippen molar-refractivity contribution < 1.29 is 13.2 Å². The molecule has 2 saturated heterocycles. The zero-order valence-electron chi connectivity index (χ0n) is 7.56. The third kappa shape index (κ3) is 1.44. The highest BCUT2D eigenvalue weighted by molar-refractivity contribution is 8.15. The maximum atomic E-state index is 11.3. The molecule has 0 aromatic carbocycles. The van der Waals surface area contributed by atoms with E-state index in [0.717, 1.165) is 0 Å². The number of hydrogen-bond donors (Lipinski definition) is 1. The van der Waals surface area contributed by atoms with Crippen molar-refractivity contribution in [3.63, 3.8) is 0 Å². The van der Waals surface area contributed by atoms with Gasteiger partial charge in [0.2, 0.25) is 5.91 Å². The van der Waals surface area contributed by atoms with E-state index in [2.05, 4.69) is 0 Å². The summed E-state index contributed by atoms with van der Waals surface area (Å²) in [7, 11) is -3.01. The average Bonchev–Trinajstić information content (AvgIpc) is 2.37. The lowest BCUT2D eigenvalue weighted by Crippen LogP contribution is -2.40. The second-order valence-electron chi connectivity index (χ2n) is 3.49. The molecule has 0 saturated carbocycles. The van der Waals surface area contributed by atoms with Gasteiger partial charge in [-0.15, -0.1) is 0 Å². The molecule has 2 aliphatic rings. The maximum absolute atomic E-state index is 11.3. The van der Waals surface area contributed by atoms with Crippen LogP contribution in [0.4, 0.5) is 0 Å². The molecule has 0 radical (unpaired) electrons. The smallest absolute Gasteiger partial charge is 0.225 e. The van der Waals surface area contributed by atoms with E-state index in [1.54, 1.807) is 0 Å². The van der Waals surface area contributed by atoms with Gasteiger partial charge in [-0.3, -0.25) is 15.1 Å². The first kappa shape index (κ1) is 9.97. The Bertz CT molecular complexity index is 403. The van der Waals surface area contributed by atoms with E-state index in [-0.39, 0.29) is 33.9 Å². The highest BCUT2D eigenvalue weighted by Gasteiger charge is 2.49. The fourth-order valence-corrected chi connectivity index (χ4v) is 5.69. The minimum absolute atomic E-state index is 0.00657. The normalized spacial score (nSPS) is 34.6. The fraction of sp³-hybridized carbons (Fsp3) is 0.714. The van der Waals surface area contributed by atoms with Crippen LogP contribution in [0.2, 0.25) is 0 Å². The van der Waals surface area contributed by atoms with Gasteiger partial charge in [-0.05, 0) is 0 Å². The van der Waals surface area contributed by atoms with Crippen LogP contribution in [0.1, 0.15) is 6.92 Å². The van der Waals surface area contributed by atoms with Crippen LogP contribution in [-0.2, 0) is 14.6 Å². The summed E-state index contributed by atoms with van der Waals surface area (Å²) < 4.78 is 22.6. The second kappa shape index (κ2) is 2.96. The van der Waals surface area contributed by atoms with E-state index in [4.69, 9.17) is 5.41 Å². The van der Waals surface area contributed by atoms with E-state index in [0.29, 0.717) is 0 Å². The summed E-state index contributed by atoms with van der Waals surface area (Å²) in [5.41, 5.74) is 0. The molecule has 2 aliphatic heterocycles. The molecule has 2 fully saturated rings. The van der Waals surface area contributed by atoms with Gasteiger partial charge in [0.15, 0.2) is 15.0 Å². The van der Waals surface area contributed by atoms with Crippen LogP contribution in [-0.4, -0.2) is 47.2 Å². The molecule has 0 bridgehead atoms. The predicted octanol–water partition coefficient (Wildman–Crippen LogP) is -0.318. The van der Waals surface area contributed by atoms with Gasteiger partial charge in [-0.1, -0.05) is 11.8 Å². The Morgan fingerprint density at radius 1 is 1.57 bits per heavy atom. The SMILES string of the molecule is CC(=O)N1C(=N)SC2CS(=O)(=O)CC21. The van der Waals surface area contributed by atoms with Gasteiger partial charge in [-0.25, -0.2) is 8.42 Å². The van der Waals surface area contributed by atoms with Crippen LogP contribution in [0.25, 0.3) is 0 Å². The number of sulfone groups is 1. The summed E-state index contributed by atoms with van der Waals surface area (Å²) in [5.74, 6) is -0.145. The molecule has 78 valence electrons. The summed E-state index contributed by atoms with van der Waals surface area (Å²) >= 11 is 1.18. The minimum Gasteiger partial charge on any atom is -0.287 e. The Kier molecular flexibility index (Phi) is 2.11. The average molecular weight is 234 g/mol. The molecule has 7 heteroatoms. The molecule has 0 aromatic heterocycles. The Morgan fingerprint density at radius 3 is 2.79 bits per heavy atom. The van der Waals surface area contributed by atoms with Crippen LogP contribution < -0.4 is 0 Å². The Morgan fingerprint density at radius 2 is 2.21 bits per heavy atom. The molecule has 2 heterocycles. The number of amidine groups is 1. The minimum atomic E-state index is -3.01. The second-order valence-corrected chi connectivity index (χ2v) is 6.88. The third-order valence-electron chi connectivity index (χ3n) is 2.42. The molecule has 1 amide bonds. The van der Waals surface area contributed by atoms with Crippen LogP contribution in [0.15, 0.2) is 0 Å². The number of thioether (sulfide) groups is 1. The molecule has 2 atom stereocenters. The van der Waals surface area contributed by atoms with E-state index in [9.17, 15) is 13.2 Å². The van der Waals surface area contributed by atoms with Gasteiger partial charge >= 0.3 is 0 Å². The zero-order valence-corrected chi connectivity index (χ0v) is 9.19. The van der Waals surface area contributed by atoms with Gasteiger partial charge in [0.1, 0.15) is 0 Å². The van der Waals surface area contributed by atoms with Crippen molar-refractivity contribution in [1.29, 1.82) is 5.41 Å². The van der Waals surface area contributed by atoms with E-state index >= 15 is 0 Å². The maximum Gasteiger partial charge on any atom is 0.225 e. The lowest BCUT2D eigenvalue weighted by molar-refractivity contribution is -0.125. The van der Waals surface area contributed by atoms with Gasteiger partial charge < -0.3 is 0 Å². The first-order valence-corrected chi connectivity index (χ1v) is 6.86. The van der Waals surface area contributed by atoms with Crippen LogP contribution >= 0.6 is 11.8 Å². The van der Waals surface area contributed by atoms with E-state index in [1.807, 2.05) is 0 Å². The summed E-state index contributed by atoms with van der Waals surface area (Å²) in [6.07, 6.45) is 0. The van der Waals surface area contributed by atoms with Crippen LogP contribution in [0.5, 0.6) is 0 Å². The summed E-state index contributed by atoms with van der Waals surface area (Å²) in [6.45, 7) is 1.36. The first-order chi connectivity index (χ1) is 6.41. The number of amides is 1. The zero-order chi connectivity index (χ0) is 10.5. The van der Waals surface area contributed by atoms with Crippen molar-refractivity contribution in [3.05, 3.63) is 0 Å². The van der Waals surface area contributed by atoms with Gasteiger partial charge in [-0.2, -0.15) is 0 Å². The molecular formula is C7H10N2O3S2.